The largest absolute Gasteiger partial charge is 0.417 e. The van der Waals surface area contributed by atoms with Crippen molar-refractivity contribution in [3.63, 3.8) is 0 Å². The van der Waals surface area contributed by atoms with Crippen LogP contribution in [-0.2, 0) is 18.0 Å². The zero-order valence-corrected chi connectivity index (χ0v) is 9.58. The summed E-state index contributed by atoms with van der Waals surface area (Å²) in [5.41, 5.74) is -0.759. The normalized spacial score (nSPS) is 11.8. The summed E-state index contributed by atoms with van der Waals surface area (Å²) in [5.74, 6) is -1.08. The first-order chi connectivity index (χ1) is 8.29. The second kappa shape index (κ2) is 4.01. The van der Waals surface area contributed by atoms with E-state index in [1.165, 1.54) is 16.8 Å². The smallest absolute Gasteiger partial charge is 0.408 e. The van der Waals surface area contributed by atoms with Gasteiger partial charge in [-0.3, -0.25) is 4.79 Å². The minimum absolute atomic E-state index is 0.0269. The predicted molar refractivity (Wildman–Crippen MR) is 57.0 cm³/mol. The van der Waals surface area contributed by atoms with E-state index in [1.807, 2.05) is 0 Å². The van der Waals surface area contributed by atoms with Crippen LogP contribution in [0.1, 0.15) is 12.5 Å². The van der Waals surface area contributed by atoms with Gasteiger partial charge in [0.25, 0.3) is 0 Å². The molecule has 0 atom stereocenters. The molecule has 0 amide bonds. The van der Waals surface area contributed by atoms with Crippen molar-refractivity contribution in [2.75, 3.05) is 0 Å². The standard InChI is InChI=1S/C11H9F3N2O2/c1-6(17)18-9-5-8(11(12,13)14)7-3-4-16(2)10(7)15-9/h3-5H,1-2H3. The Bertz CT molecular complexity index is 617. The molecule has 0 aliphatic rings. The van der Waals surface area contributed by atoms with Crippen LogP contribution in [0, 0.1) is 0 Å². The number of halogens is 3. The van der Waals surface area contributed by atoms with Crippen molar-refractivity contribution in [1.82, 2.24) is 9.55 Å². The summed E-state index contributed by atoms with van der Waals surface area (Å²) in [6.07, 6.45) is -3.07. The number of rotatable bonds is 1. The highest BCUT2D eigenvalue weighted by atomic mass is 19.4. The highest BCUT2D eigenvalue weighted by molar-refractivity contribution is 5.82. The summed E-state index contributed by atoms with van der Waals surface area (Å²) in [7, 11) is 1.56. The molecule has 0 saturated heterocycles. The Hall–Kier alpha value is -2.05. The van der Waals surface area contributed by atoms with E-state index in [4.69, 9.17) is 0 Å². The van der Waals surface area contributed by atoms with Crippen molar-refractivity contribution in [3.05, 3.63) is 23.9 Å². The minimum Gasteiger partial charge on any atom is -0.408 e. The van der Waals surface area contributed by atoms with Crippen molar-refractivity contribution in [2.45, 2.75) is 13.1 Å². The third-order valence-corrected chi connectivity index (χ3v) is 2.37. The number of hydrogen-bond donors (Lipinski definition) is 0. The number of aromatic nitrogens is 2. The van der Waals surface area contributed by atoms with Crippen LogP contribution in [0.2, 0.25) is 0 Å². The molecule has 18 heavy (non-hydrogen) atoms. The van der Waals surface area contributed by atoms with E-state index in [2.05, 4.69) is 9.72 Å². The molecule has 4 nitrogen and oxygen atoms in total. The Morgan fingerprint density at radius 2 is 2.11 bits per heavy atom. The predicted octanol–water partition coefficient (Wildman–Crippen LogP) is 2.52. The summed E-state index contributed by atoms with van der Waals surface area (Å²) >= 11 is 0. The van der Waals surface area contributed by atoms with Crippen LogP contribution in [0.4, 0.5) is 13.2 Å². The van der Waals surface area contributed by atoms with Gasteiger partial charge in [0.2, 0.25) is 5.88 Å². The molecule has 2 heterocycles. The number of carbonyl (C=O) groups is 1. The number of esters is 1. The molecular weight excluding hydrogens is 249 g/mol. The van der Waals surface area contributed by atoms with Gasteiger partial charge in [0.15, 0.2) is 0 Å². The lowest BCUT2D eigenvalue weighted by atomic mass is 10.2. The van der Waals surface area contributed by atoms with Crippen LogP contribution in [0.3, 0.4) is 0 Å². The summed E-state index contributed by atoms with van der Waals surface area (Å²) < 4.78 is 44.6. The van der Waals surface area contributed by atoms with Gasteiger partial charge in [-0.25, -0.2) is 0 Å². The van der Waals surface area contributed by atoms with Crippen molar-refractivity contribution in [1.29, 1.82) is 0 Å². The Balaban J connectivity index is 2.70. The van der Waals surface area contributed by atoms with Gasteiger partial charge in [0.05, 0.1) is 5.56 Å². The quantitative estimate of drug-likeness (QED) is 0.738. The molecule has 0 fully saturated rings. The summed E-state index contributed by atoms with van der Waals surface area (Å²) in [6.45, 7) is 1.10. The second-order valence-corrected chi connectivity index (χ2v) is 3.76. The molecule has 0 aliphatic heterocycles. The third-order valence-electron chi connectivity index (χ3n) is 2.37. The fraction of sp³-hybridized carbons (Fsp3) is 0.273. The van der Waals surface area contributed by atoms with Crippen LogP contribution >= 0.6 is 0 Å². The van der Waals surface area contributed by atoms with Gasteiger partial charge in [0, 0.05) is 31.6 Å². The summed E-state index contributed by atoms with van der Waals surface area (Å²) in [5, 5.41) is -0.0269. The van der Waals surface area contributed by atoms with Gasteiger partial charge >= 0.3 is 12.1 Å². The number of carbonyl (C=O) groups excluding carboxylic acids is 1. The lowest BCUT2D eigenvalue weighted by molar-refractivity contribution is -0.137. The van der Waals surface area contributed by atoms with Gasteiger partial charge < -0.3 is 9.30 Å². The van der Waals surface area contributed by atoms with Gasteiger partial charge in [-0.05, 0) is 6.07 Å². The zero-order chi connectivity index (χ0) is 13.5. The number of nitrogens with zero attached hydrogens (tertiary/aromatic N) is 2. The minimum atomic E-state index is -4.53. The van der Waals surface area contributed by atoms with Crippen LogP contribution < -0.4 is 4.74 Å². The van der Waals surface area contributed by atoms with Crippen molar-refractivity contribution in [3.8, 4) is 5.88 Å². The van der Waals surface area contributed by atoms with E-state index in [0.717, 1.165) is 13.0 Å². The van der Waals surface area contributed by atoms with Gasteiger partial charge in [0.1, 0.15) is 5.65 Å². The molecule has 0 bridgehead atoms. The number of fused-ring (bicyclic) bond motifs is 1. The van der Waals surface area contributed by atoms with E-state index in [-0.39, 0.29) is 16.9 Å². The first kappa shape index (κ1) is 12.4. The summed E-state index contributed by atoms with van der Waals surface area (Å²) in [6, 6.07) is 2.05. The molecular formula is C11H9F3N2O2. The van der Waals surface area contributed by atoms with E-state index in [9.17, 15) is 18.0 Å². The molecule has 7 heteroatoms. The molecule has 96 valence electrons. The summed E-state index contributed by atoms with van der Waals surface area (Å²) in [4.78, 5) is 14.7. The topological polar surface area (TPSA) is 44.1 Å². The highest BCUT2D eigenvalue weighted by Gasteiger charge is 2.34. The van der Waals surface area contributed by atoms with E-state index >= 15 is 0 Å². The lowest BCUT2D eigenvalue weighted by Crippen LogP contribution is -2.09. The Labute approximate surface area is 100.0 Å². The molecule has 2 aromatic heterocycles. The second-order valence-electron chi connectivity index (χ2n) is 3.76. The Kier molecular flexibility index (Phi) is 2.76. The molecule has 2 rings (SSSR count). The van der Waals surface area contributed by atoms with E-state index in [0.29, 0.717) is 0 Å². The first-order valence-electron chi connectivity index (χ1n) is 5.00. The monoisotopic (exact) mass is 258 g/mol. The fourth-order valence-corrected chi connectivity index (χ4v) is 1.64. The van der Waals surface area contributed by atoms with Crippen LogP contribution in [0.5, 0.6) is 5.88 Å². The fourth-order valence-electron chi connectivity index (χ4n) is 1.64. The molecule has 0 N–H and O–H groups in total. The number of pyridine rings is 1. The third kappa shape index (κ3) is 2.15. The van der Waals surface area contributed by atoms with Crippen LogP contribution in [-0.4, -0.2) is 15.5 Å². The Morgan fingerprint density at radius 1 is 1.44 bits per heavy atom. The Morgan fingerprint density at radius 3 is 2.67 bits per heavy atom. The molecule has 0 spiro atoms. The SMILES string of the molecule is CC(=O)Oc1cc(C(F)(F)F)c2ccn(C)c2n1. The maximum Gasteiger partial charge on any atom is 0.417 e. The number of aryl methyl sites for hydroxylation is 1. The number of hydrogen-bond acceptors (Lipinski definition) is 3. The molecule has 0 saturated carbocycles. The maximum absolute atomic E-state index is 12.9. The molecule has 0 radical (unpaired) electrons. The first-order valence-corrected chi connectivity index (χ1v) is 5.00. The average Bonchev–Trinajstić information content (AvgIpc) is 2.57. The maximum atomic E-state index is 12.9. The lowest BCUT2D eigenvalue weighted by Gasteiger charge is -2.10. The highest BCUT2D eigenvalue weighted by Crippen LogP contribution is 2.36. The average molecular weight is 258 g/mol. The zero-order valence-electron chi connectivity index (χ0n) is 9.58. The van der Waals surface area contributed by atoms with Gasteiger partial charge in [-0.1, -0.05) is 0 Å². The molecule has 0 unspecified atom stereocenters. The van der Waals surface area contributed by atoms with Crippen LogP contribution in [0.25, 0.3) is 11.0 Å². The number of ether oxygens (including phenoxy) is 1. The van der Waals surface area contributed by atoms with Crippen molar-refractivity contribution in [2.24, 2.45) is 7.05 Å². The molecule has 0 aliphatic carbocycles. The van der Waals surface area contributed by atoms with Crippen molar-refractivity contribution >= 4 is 17.0 Å². The van der Waals surface area contributed by atoms with Crippen LogP contribution in [0.15, 0.2) is 18.3 Å². The van der Waals surface area contributed by atoms with Gasteiger partial charge in [-0.2, -0.15) is 18.2 Å². The number of alkyl halides is 3. The molecule has 2 aromatic rings. The molecule has 0 aromatic carbocycles. The van der Waals surface area contributed by atoms with Crippen molar-refractivity contribution < 1.29 is 22.7 Å². The van der Waals surface area contributed by atoms with E-state index < -0.39 is 17.7 Å². The van der Waals surface area contributed by atoms with Gasteiger partial charge in [-0.15, -0.1) is 0 Å². The van der Waals surface area contributed by atoms with E-state index in [1.54, 1.807) is 7.05 Å².